The summed E-state index contributed by atoms with van der Waals surface area (Å²) in [5, 5.41) is 5.10. The van der Waals surface area contributed by atoms with Gasteiger partial charge in [-0.3, -0.25) is 0 Å². The van der Waals surface area contributed by atoms with Crippen LogP contribution in [0, 0.1) is 0 Å². The van der Waals surface area contributed by atoms with Crippen LogP contribution in [0.4, 0.5) is 17.1 Å². The van der Waals surface area contributed by atoms with Crippen molar-refractivity contribution in [1.29, 1.82) is 0 Å². The van der Waals surface area contributed by atoms with Crippen molar-refractivity contribution in [2.45, 2.75) is 12.8 Å². The SMILES string of the molecule is CC1c2ccccc2-c2c1cccc2N(c1ccccc1)c1ccc(-c2ccc3c(c2)c2c4ccccc4ccc2n3-c2ccccc2)cc1. The molecule has 1 aliphatic rings. The van der Waals surface area contributed by atoms with Gasteiger partial charge in [0.2, 0.25) is 0 Å². The van der Waals surface area contributed by atoms with E-state index in [1.54, 1.807) is 0 Å². The summed E-state index contributed by atoms with van der Waals surface area (Å²) >= 11 is 0. The summed E-state index contributed by atoms with van der Waals surface area (Å²) in [4.78, 5) is 2.42. The smallest absolute Gasteiger partial charge is 0.0547 e. The first-order chi connectivity index (χ1) is 24.7. The molecule has 0 aliphatic heterocycles. The van der Waals surface area contributed by atoms with Crippen molar-refractivity contribution >= 4 is 49.6 Å². The number of aromatic nitrogens is 1. The lowest BCUT2D eigenvalue weighted by molar-refractivity contribution is 0.956. The van der Waals surface area contributed by atoms with Crippen LogP contribution >= 0.6 is 0 Å². The number of anilines is 3. The van der Waals surface area contributed by atoms with Crippen LogP contribution in [0.5, 0.6) is 0 Å². The maximum atomic E-state index is 2.42. The van der Waals surface area contributed by atoms with Crippen LogP contribution in [-0.2, 0) is 0 Å². The maximum Gasteiger partial charge on any atom is 0.0547 e. The molecule has 1 atom stereocenters. The van der Waals surface area contributed by atoms with E-state index in [2.05, 4.69) is 198 Å². The van der Waals surface area contributed by atoms with E-state index in [1.165, 1.54) is 77.3 Å². The molecule has 1 aromatic heterocycles. The number of nitrogens with zero attached hydrogens (tertiary/aromatic N) is 2. The van der Waals surface area contributed by atoms with Gasteiger partial charge in [0, 0.05) is 39.3 Å². The molecule has 8 aromatic carbocycles. The Balaban J connectivity index is 1.13. The number of para-hydroxylation sites is 2. The maximum absolute atomic E-state index is 2.42. The average Bonchev–Trinajstić information content (AvgIpc) is 3.68. The first kappa shape index (κ1) is 28.6. The highest BCUT2D eigenvalue weighted by molar-refractivity contribution is 6.21. The molecule has 0 amide bonds. The summed E-state index contributed by atoms with van der Waals surface area (Å²) in [5.74, 6) is 0.362. The van der Waals surface area contributed by atoms with E-state index in [1.807, 2.05) is 0 Å². The molecule has 236 valence electrons. The minimum absolute atomic E-state index is 0.362. The van der Waals surface area contributed by atoms with Crippen molar-refractivity contribution in [2.24, 2.45) is 0 Å². The normalized spacial score (nSPS) is 13.5. The minimum Gasteiger partial charge on any atom is -0.310 e. The number of benzene rings is 8. The van der Waals surface area contributed by atoms with Crippen LogP contribution in [0.2, 0.25) is 0 Å². The number of hydrogen-bond acceptors (Lipinski definition) is 1. The van der Waals surface area contributed by atoms with Crippen LogP contribution in [0.25, 0.3) is 60.5 Å². The van der Waals surface area contributed by atoms with Gasteiger partial charge in [-0.2, -0.15) is 0 Å². The fourth-order valence-electron chi connectivity index (χ4n) is 8.30. The minimum atomic E-state index is 0.362. The summed E-state index contributed by atoms with van der Waals surface area (Å²) in [6, 6.07) is 66.4. The molecule has 50 heavy (non-hydrogen) atoms. The van der Waals surface area contributed by atoms with E-state index in [4.69, 9.17) is 0 Å². The molecule has 0 N–H and O–H groups in total. The third kappa shape index (κ3) is 4.35. The molecule has 2 heteroatoms. The molecule has 10 rings (SSSR count). The monoisotopic (exact) mass is 638 g/mol. The van der Waals surface area contributed by atoms with Crippen LogP contribution in [0.3, 0.4) is 0 Å². The molecule has 0 saturated carbocycles. The zero-order valence-electron chi connectivity index (χ0n) is 27.8. The summed E-state index contributed by atoms with van der Waals surface area (Å²) < 4.78 is 2.40. The zero-order chi connectivity index (χ0) is 33.2. The number of hydrogen-bond donors (Lipinski definition) is 0. The summed E-state index contributed by atoms with van der Waals surface area (Å²) in [6.07, 6.45) is 0. The molecule has 9 aromatic rings. The predicted octanol–water partition coefficient (Wildman–Crippen LogP) is 13.2. The van der Waals surface area contributed by atoms with Crippen molar-refractivity contribution in [2.75, 3.05) is 4.90 Å². The second-order valence-electron chi connectivity index (χ2n) is 13.4. The fourth-order valence-corrected chi connectivity index (χ4v) is 8.30. The lowest BCUT2D eigenvalue weighted by atomic mass is 9.98. The first-order valence-electron chi connectivity index (χ1n) is 17.4. The Morgan fingerprint density at radius 3 is 1.98 bits per heavy atom. The third-order valence-corrected chi connectivity index (χ3v) is 10.6. The Morgan fingerprint density at radius 2 is 1.14 bits per heavy atom. The van der Waals surface area contributed by atoms with Gasteiger partial charge in [-0.1, -0.05) is 128 Å². The molecule has 0 saturated heterocycles. The van der Waals surface area contributed by atoms with Crippen LogP contribution < -0.4 is 4.90 Å². The van der Waals surface area contributed by atoms with Crippen molar-refractivity contribution in [3.8, 4) is 27.9 Å². The van der Waals surface area contributed by atoms with E-state index >= 15 is 0 Å². The molecule has 1 aliphatic carbocycles. The van der Waals surface area contributed by atoms with Gasteiger partial charge < -0.3 is 9.47 Å². The number of fused-ring (bicyclic) bond motifs is 8. The average molecular weight is 639 g/mol. The molecule has 1 unspecified atom stereocenters. The molecule has 1 heterocycles. The van der Waals surface area contributed by atoms with E-state index in [0.717, 1.165) is 11.4 Å². The van der Waals surface area contributed by atoms with E-state index in [0.29, 0.717) is 5.92 Å². The number of rotatable bonds is 5. The van der Waals surface area contributed by atoms with Crippen molar-refractivity contribution in [3.63, 3.8) is 0 Å². The molecule has 0 spiro atoms. The molecule has 0 bridgehead atoms. The topological polar surface area (TPSA) is 8.17 Å². The summed E-state index contributed by atoms with van der Waals surface area (Å²) in [5.41, 5.74) is 15.0. The van der Waals surface area contributed by atoms with Gasteiger partial charge in [0.1, 0.15) is 0 Å². The molecule has 0 fully saturated rings. The highest BCUT2D eigenvalue weighted by atomic mass is 15.1. The van der Waals surface area contributed by atoms with Gasteiger partial charge in [-0.25, -0.2) is 0 Å². The second-order valence-corrected chi connectivity index (χ2v) is 13.4. The van der Waals surface area contributed by atoms with Gasteiger partial charge in [0.25, 0.3) is 0 Å². The standard InChI is InChI=1S/C48H34N2/c1-32-39-18-10-11-20-42(39)47-40(32)21-12-22-45(47)49(36-14-4-2-5-15-36)38-27-23-33(24-28-38)35-26-29-44-43(31-35)48-41-19-9-8-13-34(41)25-30-46(48)50(44)37-16-6-3-7-17-37/h2-32H,1H3. The molecule has 0 radical (unpaired) electrons. The predicted molar refractivity (Wildman–Crippen MR) is 211 cm³/mol. The Labute approximate surface area is 292 Å². The molecular formula is C48H34N2. The van der Waals surface area contributed by atoms with Gasteiger partial charge in [-0.15, -0.1) is 0 Å². The van der Waals surface area contributed by atoms with E-state index < -0.39 is 0 Å². The lowest BCUT2D eigenvalue weighted by Gasteiger charge is -2.28. The van der Waals surface area contributed by atoms with Crippen molar-refractivity contribution < 1.29 is 0 Å². The fraction of sp³-hybridized carbons (Fsp3) is 0.0417. The Morgan fingerprint density at radius 1 is 0.480 bits per heavy atom. The van der Waals surface area contributed by atoms with Crippen LogP contribution in [-0.4, -0.2) is 4.57 Å². The highest BCUT2D eigenvalue weighted by Crippen LogP contribution is 2.51. The zero-order valence-corrected chi connectivity index (χ0v) is 27.8. The quantitative estimate of drug-likeness (QED) is 0.182. The third-order valence-electron chi connectivity index (χ3n) is 10.6. The van der Waals surface area contributed by atoms with Crippen molar-refractivity contribution in [3.05, 3.63) is 193 Å². The summed E-state index contributed by atoms with van der Waals surface area (Å²) in [7, 11) is 0. The van der Waals surface area contributed by atoms with E-state index in [-0.39, 0.29) is 0 Å². The van der Waals surface area contributed by atoms with E-state index in [9.17, 15) is 0 Å². The highest BCUT2D eigenvalue weighted by Gasteiger charge is 2.29. The van der Waals surface area contributed by atoms with Gasteiger partial charge in [0.15, 0.2) is 0 Å². The van der Waals surface area contributed by atoms with Gasteiger partial charge in [-0.05, 0) is 99.3 Å². The van der Waals surface area contributed by atoms with Crippen LogP contribution in [0.15, 0.2) is 182 Å². The van der Waals surface area contributed by atoms with Crippen molar-refractivity contribution in [1.82, 2.24) is 4.57 Å². The second kappa shape index (κ2) is 11.4. The van der Waals surface area contributed by atoms with Gasteiger partial charge in [0.05, 0.1) is 16.7 Å². The summed E-state index contributed by atoms with van der Waals surface area (Å²) in [6.45, 7) is 2.33. The van der Waals surface area contributed by atoms with Gasteiger partial charge >= 0.3 is 0 Å². The first-order valence-corrected chi connectivity index (χ1v) is 17.4. The molecular weight excluding hydrogens is 605 g/mol. The van der Waals surface area contributed by atoms with Crippen LogP contribution in [0.1, 0.15) is 24.0 Å². The Hall–Kier alpha value is -6.38. The Kier molecular flexibility index (Phi) is 6.50. The Bertz CT molecular complexity index is 2700. The molecule has 2 nitrogen and oxygen atoms in total. The largest absolute Gasteiger partial charge is 0.310 e. The lowest BCUT2D eigenvalue weighted by Crippen LogP contribution is -2.11.